The highest BCUT2D eigenvalue weighted by Crippen LogP contribution is 2.62. The molecule has 1 aromatic heterocycles. The van der Waals surface area contributed by atoms with E-state index in [1.165, 1.54) is 19.3 Å². The Morgan fingerprint density at radius 3 is 2.60 bits per heavy atom. The fourth-order valence-electron chi connectivity index (χ4n) is 3.76. The molecule has 104 valence electrons. The van der Waals surface area contributed by atoms with Crippen LogP contribution in [0.1, 0.15) is 48.6 Å². The summed E-state index contributed by atoms with van der Waals surface area (Å²) in [5.41, 5.74) is 1.15. The first-order valence-corrected chi connectivity index (χ1v) is 7.44. The Morgan fingerprint density at radius 1 is 1.15 bits per heavy atom. The first kappa shape index (κ1) is 12.1. The molecule has 2 aliphatic rings. The van der Waals surface area contributed by atoms with E-state index in [0.717, 1.165) is 23.3 Å². The Morgan fingerprint density at radius 2 is 1.90 bits per heavy atom. The summed E-state index contributed by atoms with van der Waals surface area (Å²) in [6.45, 7) is 0. The first-order valence-electron chi connectivity index (χ1n) is 7.44. The van der Waals surface area contributed by atoms with Gasteiger partial charge in [0.05, 0.1) is 0 Å². The Bertz CT molecular complexity index is 585. The topological polar surface area (TPSA) is 51.0 Å². The molecule has 1 N–H and O–H groups in total. The van der Waals surface area contributed by atoms with Crippen LogP contribution in [0.15, 0.2) is 34.7 Å². The predicted octanol–water partition coefficient (Wildman–Crippen LogP) is 2.89. The second-order valence-corrected chi connectivity index (χ2v) is 5.90. The van der Waals surface area contributed by atoms with E-state index in [1.54, 1.807) is 0 Å². The Labute approximate surface area is 118 Å². The van der Waals surface area contributed by atoms with E-state index in [-0.39, 0.29) is 6.04 Å². The Hall–Kier alpha value is -1.68. The van der Waals surface area contributed by atoms with Crippen molar-refractivity contribution in [2.75, 3.05) is 7.05 Å². The molecule has 0 aliphatic heterocycles. The molecule has 2 fully saturated rings. The third kappa shape index (κ3) is 1.86. The van der Waals surface area contributed by atoms with Crippen molar-refractivity contribution in [3.63, 3.8) is 0 Å². The minimum Gasteiger partial charge on any atom is -0.423 e. The maximum absolute atomic E-state index is 5.97. The van der Waals surface area contributed by atoms with E-state index in [9.17, 15) is 0 Å². The first-order chi connectivity index (χ1) is 9.88. The smallest absolute Gasteiger partial charge is 0.237 e. The van der Waals surface area contributed by atoms with E-state index in [4.69, 9.17) is 4.42 Å². The number of hydrogen-bond acceptors (Lipinski definition) is 4. The molecule has 1 aromatic carbocycles. The van der Waals surface area contributed by atoms with Crippen LogP contribution in [0.5, 0.6) is 0 Å². The molecule has 4 heteroatoms. The van der Waals surface area contributed by atoms with Gasteiger partial charge in [-0.05, 0) is 37.3 Å². The van der Waals surface area contributed by atoms with Crippen LogP contribution in [-0.2, 0) is 0 Å². The van der Waals surface area contributed by atoms with E-state index >= 15 is 0 Å². The number of nitrogens with zero attached hydrogens (tertiary/aromatic N) is 2. The molecule has 20 heavy (non-hydrogen) atoms. The molecule has 4 rings (SSSR count). The number of rotatable bonds is 4. The van der Waals surface area contributed by atoms with E-state index in [2.05, 4.69) is 27.6 Å². The van der Waals surface area contributed by atoms with Gasteiger partial charge in [-0.25, -0.2) is 0 Å². The van der Waals surface area contributed by atoms with E-state index in [0.29, 0.717) is 11.8 Å². The van der Waals surface area contributed by atoms with Crippen molar-refractivity contribution in [1.82, 2.24) is 15.5 Å². The highest BCUT2D eigenvalue weighted by Gasteiger charge is 2.56. The maximum Gasteiger partial charge on any atom is 0.237 e. The SMILES string of the molecule is CNC(c1ccccc1)c1nnc(C2C3CCCC32)o1. The standard InChI is InChI=1S/C16H19N3O/c1-17-14(10-6-3-2-4-7-10)16-19-18-15(20-16)13-11-8-5-9-12(11)13/h2-4,6-7,11-14,17H,5,8-9H2,1H3. The molecule has 0 bridgehead atoms. The van der Waals surface area contributed by atoms with Crippen LogP contribution >= 0.6 is 0 Å². The van der Waals surface area contributed by atoms with Crippen LogP contribution in [0.4, 0.5) is 0 Å². The number of aromatic nitrogens is 2. The zero-order valence-electron chi connectivity index (χ0n) is 11.6. The molecule has 0 radical (unpaired) electrons. The molecule has 3 atom stereocenters. The molecule has 2 aromatic rings. The lowest BCUT2D eigenvalue weighted by Gasteiger charge is -2.11. The molecule has 0 saturated heterocycles. The summed E-state index contributed by atoms with van der Waals surface area (Å²) < 4.78 is 5.97. The molecule has 4 nitrogen and oxygen atoms in total. The minimum atomic E-state index is -0.0176. The second kappa shape index (κ2) is 4.70. The third-order valence-corrected chi connectivity index (χ3v) is 4.82. The average molecular weight is 269 g/mol. The van der Waals surface area contributed by atoms with Crippen LogP contribution in [0.2, 0.25) is 0 Å². The zero-order chi connectivity index (χ0) is 13.5. The number of fused-ring (bicyclic) bond motifs is 1. The lowest BCUT2D eigenvalue weighted by Crippen LogP contribution is -2.17. The summed E-state index contributed by atoms with van der Waals surface area (Å²) >= 11 is 0. The van der Waals surface area contributed by atoms with Crippen molar-refractivity contribution in [3.05, 3.63) is 47.7 Å². The van der Waals surface area contributed by atoms with Gasteiger partial charge in [-0.1, -0.05) is 36.8 Å². The molecular weight excluding hydrogens is 250 g/mol. The van der Waals surface area contributed by atoms with Gasteiger partial charge in [0.25, 0.3) is 0 Å². The van der Waals surface area contributed by atoms with Gasteiger partial charge in [-0.2, -0.15) is 0 Å². The molecule has 3 unspecified atom stereocenters. The number of benzene rings is 1. The summed E-state index contributed by atoms with van der Waals surface area (Å²) in [5.74, 6) is 3.70. The monoisotopic (exact) mass is 269 g/mol. The predicted molar refractivity (Wildman–Crippen MR) is 75.2 cm³/mol. The fraction of sp³-hybridized carbons (Fsp3) is 0.500. The highest BCUT2D eigenvalue weighted by atomic mass is 16.4. The van der Waals surface area contributed by atoms with Gasteiger partial charge in [0.15, 0.2) is 0 Å². The second-order valence-electron chi connectivity index (χ2n) is 5.90. The van der Waals surface area contributed by atoms with Crippen LogP contribution < -0.4 is 5.32 Å². The van der Waals surface area contributed by atoms with Crippen molar-refractivity contribution in [3.8, 4) is 0 Å². The van der Waals surface area contributed by atoms with Crippen molar-refractivity contribution in [1.29, 1.82) is 0 Å². The van der Waals surface area contributed by atoms with Crippen LogP contribution in [-0.4, -0.2) is 17.2 Å². The molecule has 1 heterocycles. The van der Waals surface area contributed by atoms with E-state index in [1.807, 2.05) is 25.2 Å². The van der Waals surface area contributed by atoms with Crippen LogP contribution in [0.25, 0.3) is 0 Å². The van der Waals surface area contributed by atoms with Gasteiger partial charge in [0.2, 0.25) is 11.8 Å². The zero-order valence-corrected chi connectivity index (χ0v) is 11.6. The molecule has 0 amide bonds. The normalized spacial score (nSPS) is 29.1. The molecular formula is C16H19N3O. The molecule has 2 saturated carbocycles. The Kier molecular flexibility index (Phi) is 2.84. The summed E-state index contributed by atoms with van der Waals surface area (Å²) in [6, 6.07) is 10.2. The van der Waals surface area contributed by atoms with Gasteiger partial charge in [0.1, 0.15) is 6.04 Å². The van der Waals surface area contributed by atoms with Crippen molar-refractivity contribution in [2.45, 2.75) is 31.2 Å². The van der Waals surface area contributed by atoms with Gasteiger partial charge < -0.3 is 9.73 Å². The van der Waals surface area contributed by atoms with Gasteiger partial charge in [-0.15, -0.1) is 10.2 Å². The van der Waals surface area contributed by atoms with Gasteiger partial charge in [0, 0.05) is 5.92 Å². The average Bonchev–Trinajstić information content (AvgIpc) is 2.90. The summed E-state index contributed by atoms with van der Waals surface area (Å²) in [4.78, 5) is 0. The summed E-state index contributed by atoms with van der Waals surface area (Å²) in [6.07, 6.45) is 4.04. The quantitative estimate of drug-likeness (QED) is 0.927. The molecule has 0 spiro atoms. The third-order valence-electron chi connectivity index (χ3n) is 4.82. The molecule has 2 aliphatic carbocycles. The van der Waals surface area contributed by atoms with Crippen LogP contribution in [0, 0.1) is 11.8 Å². The van der Waals surface area contributed by atoms with Gasteiger partial charge in [-0.3, -0.25) is 0 Å². The van der Waals surface area contributed by atoms with Crippen molar-refractivity contribution in [2.24, 2.45) is 11.8 Å². The number of hydrogen-bond donors (Lipinski definition) is 1. The largest absolute Gasteiger partial charge is 0.423 e. The van der Waals surface area contributed by atoms with Crippen molar-refractivity contribution < 1.29 is 4.42 Å². The fourth-order valence-corrected chi connectivity index (χ4v) is 3.76. The summed E-state index contributed by atoms with van der Waals surface area (Å²) in [7, 11) is 1.92. The van der Waals surface area contributed by atoms with E-state index < -0.39 is 0 Å². The van der Waals surface area contributed by atoms with Crippen molar-refractivity contribution >= 4 is 0 Å². The maximum atomic E-state index is 5.97. The lowest BCUT2D eigenvalue weighted by molar-refractivity contribution is 0.405. The van der Waals surface area contributed by atoms with Gasteiger partial charge >= 0.3 is 0 Å². The summed E-state index contributed by atoms with van der Waals surface area (Å²) in [5, 5.41) is 11.8. The highest BCUT2D eigenvalue weighted by molar-refractivity contribution is 5.24. The number of nitrogens with one attached hydrogen (secondary N) is 1. The Balaban J connectivity index is 1.58. The minimum absolute atomic E-state index is 0.0176. The lowest BCUT2D eigenvalue weighted by atomic mass is 10.1. The van der Waals surface area contributed by atoms with Crippen LogP contribution in [0.3, 0.4) is 0 Å².